The van der Waals surface area contributed by atoms with Gasteiger partial charge in [0, 0.05) is 38.4 Å². The standard InChI is InChI=1S/C52H33NO2/c1-3-15-34(16-4-1)38-19-9-11-25-46(38)53(37-31-29-36(30-32-37)39-23-13-24-43-41-21-10-12-27-48(41)54-51(39)43)47-26-14-28-49-50(47)45-33-44(35-17-5-2-6-18-35)40-20-7-8-22-42(40)52(45)55-49/h1-33H. The average Bonchev–Trinajstić information content (AvgIpc) is 3.84. The van der Waals surface area contributed by atoms with Crippen LogP contribution in [0.5, 0.6) is 0 Å². The highest BCUT2D eigenvalue weighted by Crippen LogP contribution is 2.48. The van der Waals surface area contributed by atoms with E-state index in [1.54, 1.807) is 0 Å². The molecule has 55 heavy (non-hydrogen) atoms. The van der Waals surface area contributed by atoms with Gasteiger partial charge in [-0.2, -0.15) is 0 Å². The number of furan rings is 2. The summed E-state index contributed by atoms with van der Waals surface area (Å²) in [4.78, 5) is 2.39. The maximum Gasteiger partial charge on any atom is 0.143 e. The van der Waals surface area contributed by atoms with Crippen LogP contribution in [0.4, 0.5) is 17.1 Å². The fourth-order valence-electron chi connectivity index (χ4n) is 8.38. The molecule has 0 aliphatic heterocycles. The molecule has 3 nitrogen and oxygen atoms in total. The van der Waals surface area contributed by atoms with E-state index in [1.165, 1.54) is 16.5 Å². The third-order valence-electron chi connectivity index (χ3n) is 10.9. The van der Waals surface area contributed by atoms with Gasteiger partial charge in [0.2, 0.25) is 0 Å². The van der Waals surface area contributed by atoms with Crippen LogP contribution in [0.3, 0.4) is 0 Å². The lowest BCUT2D eigenvalue weighted by atomic mass is 9.95. The van der Waals surface area contributed by atoms with Crippen LogP contribution in [0, 0.1) is 0 Å². The molecule has 11 rings (SSSR count). The Kier molecular flexibility index (Phi) is 7.17. The zero-order valence-electron chi connectivity index (χ0n) is 29.8. The molecule has 0 atom stereocenters. The van der Waals surface area contributed by atoms with Crippen LogP contribution in [0.1, 0.15) is 0 Å². The van der Waals surface area contributed by atoms with E-state index in [1.807, 2.05) is 12.1 Å². The molecular formula is C52H33NO2. The number of rotatable bonds is 6. The van der Waals surface area contributed by atoms with Gasteiger partial charge >= 0.3 is 0 Å². The number of hydrogen-bond donors (Lipinski definition) is 0. The van der Waals surface area contributed by atoms with Crippen molar-refractivity contribution in [2.45, 2.75) is 0 Å². The van der Waals surface area contributed by atoms with Crippen molar-refractivity contribution < 1.29 is 8.83 Å². The molecule has 0 amide bonds. The number of fused-ring (bicyclic) bond motifs is 8. The summed E-state index contributed by atoms with van der Waals surface area (Å²) in [6.45, 7) is 0. The summed E-state index contributed by atoms with van der Waals surface area (Å²) in [7, 11) is 0. The van der Waals surface area contributed by atoms with Crippen molar-refractivity contribution in [3.05, 3.63) is 200 Å². The van der Waals surface area contributed by atoms with Crippen molar-refractivity contribution in [2.24, 2.45) is 0 Å². The van der Waals surface area contributed by atoms with Gasteiger partial charge in [-0.25, -0.2) is 0 Å². The lowest BCUT2D eigenvalue weighted by molar-refractivity contribution is 0.670. The van der Waals surface area contributed by atoms with E-state index in [2.05, 4.69) is 193 Å². The van der Waals surface area contributed by atoms with Gasteiger partial charge in [-0.05, 0) is 70.1 Å². The Bertz CT molecular complexity index is 3190. The number of nitrogens with zero attached hydrogens (tertiary/aromatic N) is 1. The summed E-state index contributed by atoms with van der Waals surface area (Å²) in [6, 6.07) is 70.8. The summed E-state index contributed by atoms with van der Waals surface area (Å²) < 4.78 is 13.3. The summed E-state index contributed by atoms with van der Waals surface area (Å²) in [6.07, 6.45) is 0. The number of benzene rings is 9. The summed E-state index contributed by atoms with van der Waals surface area (Å²) in [5.41, 5.74) is 13.5. The molecule has 11 aromatic rings. The van der Waals surface area contributed by atoms with E-state index in [-0.39, 0.29) is 0 Å². The van der Waals surface area contributed by atoms with Gasteiger partial charge in [0.15, 0.2) is 0 Å². The van der Waals surface area contributed by atoms with Gasteiger partial charge in [0.25, 0.3) is 0 Å². The normalized spacial score (nSPS) is 11.6. The molecule has 0 saturated heterocycles. The first kappa shape index (κ1) is 31.2. The van der Waals surface area contributed by atoms with Gasteiger partial charge in [0.05, 0.1) is 16.8 Å². The van der Waals surface area contributed by atoms with Crippen LogP contribution in [-0.2, 0) is 0 Å². The number of hydrogen-bond acceptors (Lipinski definition) is 3. The third kappa shape index (κ3) is 5.05. The van der Waals surface area contributed by atoms with E-state index in [0.717, 1.165) is 88.6 Å². The summed E-state index contributed by atoms with van der Waals surface area (Å²) >= 11 is 0. The largest absolute Gasteiger partial charge is 0.455 e. The van der Waals surface area contributed by atoms with Gasteiger partial charge < -0.3 is 13.7 Å². The molecule has 0 N–H and O–H groups in total. The molecule has 0 bridgehead atoms. The molecular weight excluding hydrogens is 671 g/mol. The lowest BCUT2D eigenvalue weighted by Crippen LogP contribution is -2.11. The van der Waals surface area contributed by atoms with Crippen LogP contribution in [-0.4, -0.2) is 0 Å². The minimum atomic E-state index is 0.846. The smallest absolute Gasteiger partial charge is 0.143 e. The highest BCUT2D eigenvalue weighted by atomic mass is 16.3. The molecule has 0 unspecified atom stereocenters. The van der Waals surface area contributed by atoms with Crippen LogP contribution < -0.4 is 4.90 Å². The van der Waals surface area contributed by atoms with E-state index < -0.39 is 0 Å². The van der Waals surface area contributed by atoms with Gasteiger partial charge in [-0.3, -0.25) is 0 Å². The van der Waals surface area contributed by atoms with Crippen LogP contribution in [0.2, 0.25) is 0 Å². The van der Waals surface area contributed by atoms with Crippen molar-refractivity contribution in [1.82, 2.24) is 0 Å². The fourth-order valence-corrected chi connectivity index (χ4v) is 8.38. The third-order valence-corrected chi connectivity index (χ3v) is 10.9. The lowest BCUT2D eigenvalue weighted by Gasteiger charge is -2.28. The second kappa shape index (κ2) is 12.6. The maximum absolute atomic E-state index is 6.84. The second-order valence-corrected chi connectivity index (χ2v) is 14.0. The van der Waals surface area contributed by atoms with Crippen molar-refractivity contribution >= 4 is 71.7 Å². The predicted molar refractivity (Wildman–Crippen MR) is 229 cm³/mol. The van der Waals surface area contributed by atoms with Crippen LogP contribution >= 0.6 is 0 Å². The van der Waals surface area contributed by atoms with Gasteiger partial charge in [-0.15, -0.1) is 0 Å². The molecule has 3 heteroatoms. The Hall–Kier alpha value is -7.36. The predicted octanol–water partition coefficient (Wildman–Crippen LogP) is 15.1. The summed E-state index contributed by atoms with van der Waals surface area (Å²) in [5, 5.41) is 6.67. The first-order valence-corrected chi connectivity index (χ1v) is 18.7. The molecule has 2 aromatic heterocycles. The molecule has 0 aliphatic carbocycles. The van der Waals surface area contributed by atoms with Crippen molar-refractivity contribution in [1.29, 1.82) is 0 Å². The monoisotopic (exact) mass is 703 g/mol. The number of para-hydroxylation sites is 3. The van der Waals surface area contributed by atoms with Crippen molar-refractivity contribution in [3.8, 4) is 33.4 Å². The number of anilines is 3. The van der Waals surface area contributed by atoms with Crippen LogP contribution in [0.15, 0.2) is 209 Å². The molecule has 0 spiro atoms. The Labute approximate surface area is 317 Å². The molecule has 0 aliphatic rings. The fraction of sp³-hybridized carbons (Fsp3) is 0. The highest BCUT2D eigenvalue weighted by Gasteiger charge is 2.24. The highest BCUT2D eigenvalue weighted by molar-refractivity contribution is 6.22. The minimum absolute atomic E-state index is 0.846. The molecule has 0 fully saturated rings. The molecule has 0 saturated carbocycles. The molecule has 258 valence electrons. The maximum atomic E-state index is 6.84. The second-order valence-electron chi connectivity index (χ2n) is 14.0. The van der Waals surface area contributed by atoms with Gasteiger partial charge in [0.1, 0.15) is 22.3 Å². The van der Waals surface area contributed by atoms with E-state index in [4.69, 9.17) is 8.83 Å². The van der Waals surface area contributed by atoms with Crippen LogP contribution in [0.25, 0.3) is 88.0 Å². The zero-order valence-corrected chi connectivity index (χ0v) is 29.8. The quantitative estimate of drug-likeness (QED) is 0.173. The Morgan fingerprint density at radius 3 is 1.64 bits per heavy atom. The van der Waals surface area contributed by atoms with Crippen molar-refractivity contribution in [3.63, 3.8) is 0 Å². The summed E-state index contributed by atoms with van der Waals surface area (Å²) in [5.74, 6) is 0. The minimum Gasteiger partial charge on any atom is -0.455 e. The molecule has 2 heterocycles. The average molecular weight is 704 g/mol. The molecule has 9 aromatic carbocycles. The van der Waals surface area contributed by atoms with Gasteiger partial charge in [-0.1, -0.05) is 158 Å². The topological polar surface area (TPSA) is 29.5 Å². The first-order chi connectivity index (χ1) is 27.3. The van der Waals surface area contributed by atoms with E-state index in [9.17, 15) is 0 Å². The molecule has 0 radical (unpaired) electrons. The SMILES string of the molecule is c1ccc(-c2ccccc2N(c2ccc(-c3cccc4c3oc3ccccc34)cc2)c2cccc3oc4c5ccccc5c(-c5ccccc5)cc4c23)cc1. The van der Waals surface area contributed by atoms with Crippen molar-refractivity contribution in [2.75, 3.05) is 4.90 Å². The Morgan fingerprint density at radius 1 is 0.309 bits per heavy atom. The Morgan fingerprint density at radius 2 is 0.836 bits per heavy atom. The zero-order chi connectivity index (χ0) is 36.3. The van der Waals surface area contributed by atoms with E-state index >= 15 is 0 Å². The Balaban J connectivity index is 1.16. The van der Waals surface area contributed by atoms with E-state index in [0.29, 0.717) is 0 Å². The first-order valence-electron chi connectivity index (χ1n) is 18.7.